The molecule has 0 radical (unpaired) electrons. The molecule has 1 saturated carbocycles. The lowest BCUT2D eigenvalue weighted by atomic mass is 9.89. The number of ether oxygens (including phenoxy) is 1. The lowest BCUT2D eigenvalue weighted by Crippen LogP contribution is -2.53. The minimum atomic E-state index is -1.08. The zero-order chi connectivity index (χ0) is 14.1. The van der Waals surface area contributed by atoms with Crippen LogP contribution in [0, 0.1) is 5.82 Å². The molecule has 0 spiro atoms. The van der Waals surface area contributed by atoms with E-state index in [-0.39, 0.29) is 17.7 Å². The highest BCUT2D eigenvalue weighted by atomic mass is 19.1. The SMILES string of the molecule is O=C(O)c1cc(F)ccc1N1CCOC2CCCCC21. The van der Waals surface area contributed by atoms with E-state index in [0.29, 0.717) is 18.8 Å². The Bertz CT molecular complexity index is 518. The van der Waals surface area contributed by atoms with Crippen molar-refractivity contribution in [1.82, 2.24) is 0 Å². The van der Waals surface area contributed by atoms with E-state index in [1.54, 1.807) is 6.07 Å². The van der Waals surface area contributed by atoms with Crippen molar-refractivity contribution in [2.45, 2.75) is 37.8 Å². The number of carboxylic acids is 1. The molecule has 4 nitrogen and oxygen atoms in total. The van der Waals surface area contributed by atoms with Crippen LogP contribution in [0.3, 0.4) is 0 Å². The molecular formula is C15H18FNO3. The maximum Gasteiger partial charge on any atom is 0.337 e. The standard InChI is InChI=1S/C15H18FNO3/c16-10-5-6-12(11(9-10)15(18)19)17-7-8-20-14-4-2-1-3-13(14)17/h5-6,9,13-14H,1-4,7-8H2,(H,18,19). The second kappa shape index (κ2) is 5.40. The van der Waals surface area contributed by atoms with Crippen LogP contribution in [-0.4, -0.2) is 36.4 Å². The smallest absolute Gasteiger partial charge is 0.337 e. The maximum absolute atomic E-state index is 13.3. The first-order valence-electron chi connectivity index (χ1n) is 7.08. The molecule has 0 bridgehead atoms. The van der Waals surface area contributed by atoms with E-state index in [4.69, 9.17) is 4.74 Å². The molecule has 2 fully saturated rings. The van der Waals surface area contributed by atoms with Gasteiger partial charge >= 0.3 is 5.97 Å². The fourth-order valence-electron chi connectivity index (χ4n) is 3.33. The average Bonchev–Trinajstić information content (AvgIpc) is 2.46. The van der Waals surface area contributed by atoms with Gasteiger partial charge in [0.25, 0.3) is 0 Å². The van der Waals surface area contributed by atoms with Crippen LogP contribution in [0.2, 0.25) is 0 Å². The van der Waals surface area contributed by atoms with Crippen LogP contribution >= 0.6 is 0 Å². The van der Waals surface area contributed by atoms with Gasteiger partial charge in [0.15, 0.2) is 0 Å². The van der Waals surface area contributed by atoms with Crippen molar-refractivity contribution < 1.29 is 19.0 Å². The second-order valence-electron chi connectivity index (χ2n) is 5.42. The summed E-state index contributed by atoms with van der Waals surface area (Å²) in [5.41, 5.74) is 0.648. The molecule has 5 heteroatoms. The van der Waals surface area contributed by atoms with Gasteiger partial charge in [-0.05, 0) is 31.0 Å². The van der Waals surface area contributed by atoms with Crippen molar-refractivity contribution in [3.05, 3.63) is 29.6 Å². The van der Waals surface area contributed by atoms with Crippen molar-refractivity contribution in [3.8, 4) is 0 Å². The Balaban J connectivity index is 1.96. The van der Waals surface area contributed by atoms with Crippen molar-refractivity contribution in [2.75, 3.05) is 18.1 Å². The topological polar surface area (TPSA) is 49.8 Å². The molecule has 2 aliphatic rings. The van der Waals surface area contributed by atoms with E-state index < -0.39 is 11.8 Å². The molecule has 0 amide bonds. The highest BCUT2D eigenvalue weighted by Crippen LogP contribution is 2.33. The summed E-state index contributed by atoms with van der Waals surface area (Å²) in [6, 6.07) is 4.22. The van der Waals surface area contributed by atoms with Crippen LogP contribution in [-0.2, 0) is 4.74 Å². The largest absolute Gasteiger partial charge is 0.478 e. The molecule has 2 unspecified atom stereocenters. The van der Waals surface area contributed by atoms with E-state index in [9.17, 15) is 14.3 Å². The van der Waals surface area contributed by atoms with Crippen LogP contribution in [0.5, 0.6) is 0 Å². The predicted molar refractivity (Wildman–Crippen MR) is 72.7 cm³/mol. The number of halogens is 1. The Hall–Kier alpha value is -1.62. The van der Waals surface area contributed by atoms with Gasteiger partial charge < -0.3 is 14.7 Å². The molecule has 20 heavy (non-hydrogen) atoms. The lowest BCUT2D eigenvalue weighted by molar-refractivity contribution is -0.00878. The molecule has 1 aliphatic carbocycles. The van der Waals surface area contributed by atoms with E-state index >= 15 is 0 Å². The number of hydrogen-bond acceptors (Lipinski definition) is 3. The molecular weight excluding hydrogens is 261 g/mol. The van der Waals surface area contributed by atoms with Gasteiger partial charge in [-0.3, -0.25) is 0 Å². The number of aromatic carboxylic acids is 1. The second-order valence-corrected chi connectivity index (χ2v) is 5.42. The van der Waals surface area contributed by atoms with E-state index in [2.05, 4.69) is 4.90 Å². The van der Waals surface area contributed by atoms with Crippen LogP contribution in [0.25, 0.3) is 0 Å². The van der Waals surface area contributed by atoms with Crippen LogP contribution in [0.4, 0.5) is 10.1 Å². The Morgan fingerprint density at radius 3 is 2.95 bits per heavy atom. The molecule has 108 valence electrons. The molecule has 1 saturated heterocycles. The third-order valence-corrected chi connectivity index (χ3v) is 4.23. The van der Waals surface area contributed by atoms with Gasteiger partial charge in [-0.1, -0.05) is 12.8 Å². The Kier molecular flexibility index (Phi) is 3.61. The Labute approximate surface area is 117 Å². The molecule has 1 aromatic carbocycles. The summed E-state index contributed by atoms with van der Waals surface area (Å²) in [6.07, 6.45) is 4.48. The van der Waals surface area contributed by atoms with E-state index in [1.807, 2.05) is 0 Å². The summed E-state index contributed by atoms with van der Waals surface area (Å²) >= 11 is 0. The minimum absolute atomic E-state index is 0.0382. The molecule has 1 aromatic rings. The van der Waals surface area contributed by atoms with Gasteiger partial charge in [0.2, 0.25) is 0 Å². The Morgan fingerprint density at radius 2 is 2.15 bits per heavy atom. The number of hydrogen-bond donors (Lipinski definition) is 1. The number of anilines is 1. The third kappa shape index (κ3) is 2.38. The van der Waals surface area contributed by atoms with Crippen LogP contribution < -0.4 is 4.90 Å². The normalized spacial score (nSPS) is 26.1. The summed E-state index contributed by atoms with van der Waals surface area (Å²) in [6.45, 7) is 1.25. The van der Waals surface area contributed by atoms with Crippen molar-refractivity contribution in [1.29, 1.82) is 0 Å². The molecule has 2 atom stereocenters. The molecule has 1 N–H and O–H groups in total. The molecule has 1 heterocycles. The van der Waals surface area contributed by atoms with Gasteiger partial charge in [-0.2, -0.15) is 0 Å². The number of carboxylic acid groups (broad SMARTS) is 1. The van der Waals surface area contributed by atoms with Gasteiger partial charge in [-0.15, -0.1) is 0 Å². The Morgan fingerprint density at radius 1 is 1.35 bits per heavy atom. The summed E-state index contributed by atoms with van der Waals surface area (Å²) in [5.74, 6) is -1.60. The number of nitrogens with zero attached hydrogens (tertiary/aromatic N) is 1. The number of carbonyl (C=O) groups is 1. The average molecular weight is 279 g/mol. The first-order chi connectivity index (χ1) is 9.66. The van der Waals surface area contributed by atoms with Gasteiger partial charge in [0, 0.05) is 6.54 Å². The van der Waals surface area contributed by atoms with Crippen molar-refractivity contribution in [2.24, 2.45) is 0 Å². The summed E-state index contributed by atoms with van der Waals surface area (Å²) < 4.78 is 19.1. The summed E-state index contributed by atoms with van der Waals surface area (Å²) in [7, 11) is 0. The maximum atomic E-state index is 13.3. The highest BCUT2D eigenvalue weighted by Gasteiger charge is 2.35. The van der Waals surface area contributed by atoms with Gasteiger partial charge in [0.1, 0.15) is 5.82 Å². The summed E-state index contributed by atoms with van der Waals surface area (Å²) in [4.78, 5) is 13.4. The fraction of sp³-hybridized carbons (Fsp3) is 0.533. The quantitative estimate of drug-likeness (QED) is 0.904. The zero-order valence-electron chi connectivity index (χ0n) is 11.2. The van der Waals surface area contributed by atoms with E-state index in [1.165, 1.54) is 6.07 Å². The third-order valence-electron chi connectivity index (χ3n) is 4.23. The number of benzene rings is 1. The van der Waals surface area contributed by atoms with Crippen LogP contribution in [0.15, 0.2) is 18.2 Å². The molecule has 1 aliphatic heterocycles. The van der Waals surface area contributed by atoms with E-state index in [0.717, 1.165) is 31.7 Å². The van der Waals surface area contributed by atoms with Gasteiger partial charge in [-0.25, -0.2) is 9.18 Å². The summed E-state index contributed by atoms with van der Waals surface area (Å²) in [5, 5.41) is 9.29. The van der Waals surface area contributed by atoms with Crippen LogP contribution in [0.1, 0.15) is 36.0 Å². The van der Waals surface area contributed by atoms with Gasteiger partial charge in [0.05, 0.1) is 30.0 Å². The zero-order valence-corrected chi connectivity index (χ0v) is 11.2. The molecule has 0 aromatic heterocycles. The fourth-order valence-corrected chi connectivity index (χ4v) is 3.33. The number of rotatable bonds is 2. The van der Waals surface area contributed by atoms with Crippen molar-refractivity contribution in [3.63, 3.8) is 0 Å². The number of morpholine rings is 1. The first-order valence-corrected chi connectivity index (χ1v) is 7.08. The van der Waals surface area contributed by atoms with Crippen molar-refractivity contribution >= 4 is 11.7 Å². The first kappa shape index (κ1) is 13.4. The number of fused-ring (bicyclic) bond motifs is 1. The highest BCUT2D eigenvalue weighted by molar-refractivity contribution is 5.94. The lowest BCUT2D eigenvalue weighted by Gasteiger charge is -2.45. The monoisotopic (exact) mass is 279 g/mol. The minimum Gasteiger partial charge on any atom is -0.478 e. The predicted octanol–water partition coefficient (Wildman–Crippen LogP) is 2.67. The molecule has 3 rings (SSSR count).